The monoisotopic (exact) mass is 254 g/mol. The smallest absolute Gasteiger partial charge is 0.268 e. The molecule has 2 aromatic heterocycles. The van der Waals surface area contributed by atoms with Crippen molar-refractivity contribution >= 4 is 17.4 Å². The summed E-state index contributed by atoms with van der Waals surface area (Å²) in [5, 5.41) is 0. The fourth-order valence-electron chi connectivity index (χ4n) is 1.70. The molecule has 4 heteroatoms. The van der Waals surface area contributed by atoms with Crippen LogP contribution in [0.3, 0.4) is 0 Å². The fourth-order valence-corrected chi connectivity index (χ4v) is 2.53. The summed E-state index contributed by atoms with van der Waals surface area (Å²) in [6.07, 6.45) is 3.37. The Morgan fingerprint density at radius 1 is 1.00 bits per heavy atom. The minimum atomic E-state index is -0.0329. The highest BCUT2D eigenvalue weighted by Gasteiger charge is 2.05. The zero-order chi connectivity index (χ0) is 12.4. The Bertz CT molecular complexity index is 737. The number of fused-ring (bicyclic) bond motifs is 1. The van der Waals surface area contributed by atoms with Crippen molar-refractivity contribution in [2.24, 2.45) is 0 Å². The molecular formula is C14H10N2OS. The van der Waals surface area contributed by atoms with Gasteiger partial charge in [-0.15, -0.1) is 0 Å². The Morgan fingerprint density at radius 3 is 2.61 bits per heavy atom. The normalized spacial score (nSPS) is 10.7. The van der Waals surface area contributed by atoms with Crippen LogP contribution in [0.5, 0.6) is 0 Å². The average molecular weight is 254 g/mol. The Kier molecular flexibility index (Phi) is 2.86. The highest BCUT2D eigenvalue weighted by atomic mass is 32.2. The van der Waals surface area contributed by atoms with Gasteiger partial charge >= 0.3 is 0 Å². The zero-order valence-electron chi connectivity index (χ0n) is 9.48. The van der Waals surface area contributed by atoms with Crippen molar-refractivity contribution < 1.29 is 0 Å². The molecule has 0 saturated heterocycles. The molecule has 0 aliphatic rings. The van der Waals surface area contributed by atoms with Gasteiger partial charge in [0.1, 0.15) is 5.65 Å². The van der Waals surface area contributed by atoms with Crippen molar-refractivity contribution in [3.05, 3.63) is 71.3 Å². The molecule has 0 N–H and O–H groups in total. The Hall–Kier alpha value is -2.07. The number of benzene rings is 1. The van der Waals surface area contributed by atoms with Gasteiger partial charge in [0.25, 0.3) is 5.56 Å². The minimum Gasteiger partial charge on any atom is -0.268 e. The van der Waals surface area contributed by atoms with Crippen LogP contribution in [0.25, 0.3) is 5.65 Å². The second-order valence-corrected chi connectivity index (χ2v) is 4.89. The lowest BCUT2D eigenvalue weighted by Gasteiger charge is -2.03. The van der Waals surface area contributed by atoms with E-state index in [2.05, 4.69) is 4.98 Å². The van der Waals surface area contributed by atoms with Crippen LogP contribution < -0.4 is 5.56 Å². The van der Waals surface area contributed by atoms with Crippen LogP contribution in [0.15, 0.2) is 75.5 Å². The molecule has 0 amide bonds. The van der Waals surface area contributed by atoms with Gasteiger partial charge in [0.2, 0.25) is 0 Å². The number of hydrogen-bond donors (Lipinski definition) is 0. The average Bonchev–Trinajstić information content (AvgIpc) is 2.43. The van der Waals surface area contributed by atoms with E-state index >= 15 is 0 Å². The largest absolute Gasteiger partial charge is 0.271 e. The molecule has 0 radical (unpaired) electrons. The molecule has 0 aliphatic heterocycles. The molecule has 3 nitrogen and oxygen atoms in total. The predicted molar refractivity (Wildman–Crippen MR) is 72.0 cm³/mol. The summed E-state index contributed by atoms with van der Waals surface area (Å²) in [6.45, 7) is 0. The van der Waals surface area contributed by atoms with E-state index in [1.807, 2.05) is 48.5 Å². The van der Waals surface area contributed by atoms with E-state index in [4.69, 9.17) is 0 Å². The third-order valence-corrected chi connectivity index (χ3v) is 3.56. The number of rotatable bonds is 2. The molecular weight excluding hydrogens is 244 g/mol. The second-order valence-electron chi connectivity index (χ2n) is 3.77. The van der Waals surface area contributed by atoms with E-state index in [9.17, 15) is 4.79 Å². The van der Waals surface area contributed by atoms with Gasteiger partial charge < -0.3 is 0 Å². The maximum absolute atomic E-state index is 12.2. The molecule has 0 saturated carbocycles. The van der Waals surface area contributed by atoms with E-state index in [0.29, 0.717) is 10.5 Å². The van der Waals surface area contributed by atoms with Crippen molar-refractivity contribution in [1.82, 2.24) is 9.38 Å². The van der Waals surface area contributed by atoms with Crippen LogP contribution >= 0.6 is 11.8 Å². The SMILES string of the molecule is O=c1c(Sc2ccccc2)cnc2ccccn12. The summed E-state index contributed by atoms with van der Waals surface area (Å²) in [5.74, 6) is 0. The van der Waals surface area contributed by atoms with Gasteiger partial charge in [-0.05, 0) is 24.3 Å². The molecule has 3 aromatic rings. The number of nitrogens with zero attached hydrogens (tertiary/aromatic N) is 2. The fraction of sp³-hybridized carbons (Fsp3) is 0. The molecule has 18 heavy (non-hydrogen) atoms. The maximum atomic E-state index is 12.2. The van der Waals surface area contributed by atoms with Gasteiger partial charge in [-0.3, -0.25) is 9.20 Å². The first-order chi connectivity index (χ1) is 8.84. The zero-order valence-corrected chi connectivity index (χ0v) is 10.3. The quantitative estimate of drug-likeness (QED) is 0.705. The number of pyridine rings is 1. The predicted octanol–water partition coefficient (Wildman–Crippen LogP) is 2.85. The molecule has 2 heterocycles. The van der Waals surface area contributed by atoms with Crippen LogP contribution in [0.2, 0.25) is 0 Å². The molecule has 0 unspecified atom stereocenters. The Labute approximate surface area is 108 Å². The van der Waals surface area contributed by atoms with E-state index in [-0.39, 0.29) is 5.56 Å². The first kappa shape index (κ1) is 11.0. The van der Waals surface area contributed by atoms with E-state index < -0.39 is 0 Å². The third-order valence-electron chi connectivity index (χ3n) is 2.55. The van der Waals surface area contributed by atoms with Gasteiger partial charge in [-0.1, -0.05) is 36.0 Å². The third kappa shape index (κ3) is 2.02. The first-order valence-electron chi connectivity index (χ1n) is 5.54. The highest BCUT2D eigenvalue weighted by Crippen LogP contribution is 2.23. The van der Waals surface area contributed by atoms with E-state index in [0.717, 1.165) is 4.90 Å². The summed E-state index contributed by atoms with van der Waals surface area (Å²) in [6, 6.07) is 15.3. The number of aromatic nitrogens is 2. The topological polar surface area (TPSA) is 34.4 Å². The molecule has 3 rings (SSSR count). The van der Waals surface area contributed by atoms with Crippen LogP contribution in [0.1, 0.15) is 0 Å². The van der Waals surface area contributed by atoms with Gasteiger partial charge in [-0.25, -0.2) is 4.98 Å². The van der Waals surface area contributed by atoms with Gasteiger partial charge in [0.15, 0.2) is 0 Å². The van der Waals surface area contributed by atoms with E-state index in [1.54, 1.807) is 16.8 Å². The van der Waals surface area contributed by atoms with Crippen LogP contribution in [0, 0.1) is 0 Å². The lowest BCUT2D eigenvalue weighted by molar-refractivity contribution is 0.985. The molecule has 88 valence electrons. The highest BCUT2D eigenvalue weighted by molar-refractivity contribution is 7.99. The standard InChI is InChI=1S/C14H10N2OS/c17-14-12(18-11-6-2-1-3-7-11)10-15-13-8-4-5-9-16(13)14/h1-10H. The molecule has 0 fully saturated rings. The van der Waals surface area contributed by atoms with Gasteiger partial charge in [-0.2, -0.15) is 0 Å². The van der Waals surface area contributed by atoms with Crippen molar-refractivity contribution in [2.75, 3.05) is 0 Å². The summed E-state index contributed by atoms with van der Waals surface area (Å²) in [7, 11) is 0. The van der Waals surface area contributed by atoms with Gasteiger partial charge in [0, 0.05) is 17.3 Å². The molecule has 0 bridgehead atoms. The summed E-state index contributed by atoms with van der Waals surface area (Å²) in [5.41, 5.74) is 0.634. The minimum absolute atomic E-state index is 0.0329. The second kappa shape index (κ2) is 4.66. The van der Waals surface area contributed by atoms with Crippen molar-refractivity contribution in [3.63, 3.8) is 0 Å². The van der Waals surface area contributed by atoms with Crippen LogP contribution in [-0.2, 0) is 0 Å². The molecule has 1 aromatic carbocycles. The van der Waals surface area contributed by atoms with Crippen molar-refractivity contribution in [2.45, 2.75) is 9.79 Å². The van der Waals surface area contributed by atoms with Crippen LogP contribution in [0.4, 0.5) is 0 Å². The Morgan fingerprint density at radius 2 is 1.78 bits per heavy atom. The van der Waals surface area contributed by atoms with Gasteiger partial charge in [0.05, 0.1) is 4.90 Å². The van der Waals surface area contributed by atoms with Crippen molar-refractivity contribution in [3.8, 4) is 0 Å². The van der Waals surface area contributed by atoms with E-state index in [1.165, 1.54) is 11.8 Å². The van der Waals surface area contributed by atoms with Crippen LogP contribution in [-0.4, -0.2) is 9.38 Å². The summed E-state index contributed by atoms with van der Waals surface area (Å²) < 4.78 is 1.56. The molecule has 0 spiro atoms. The van der Waals surface area contributed by atoms with Crippen molar-refractivity contribution in [1.29, 1.82) is 0 Å². The molecule has 0 aliphatic carbocycles. The lowest BCUT2D eigenvalue weighted by Crippen LogP contribution is -2.15. The first-order valence-corrected chi connectivity index (χ1v) is 6.35. The summed E-state index contributed by atoms with van der Waals surface area (Å²) >= 11 is 1.43. The number of hydrogen-bond acceptors (Lipinski definition) is 3. The lowest BCUT2D eigenvalue weighted by atomic mass is 10.4. The maximum Gasteiger partial charge on any atom is 0.271 e. The Balaban J connectivity index is 2.08. The summed E-state index contributed by atoms with van der Waals surface area (Å²) in [4.78, 5) is 18.2. The molecule has 0 atom stereocenters.